The van der Waals surface area contributed by atoms with Crippen molar-refractivity contribution < 1.29 is 9.53 Å². The molecule has 1 aliphatic carbocycles. The van der Waals surface area contributed by atoms with Crippen LogP contribution in [0.1, 0.15) is 39.0 Å². The van der Waals surface area contributed by atoms with E-state index in [1.54, 1.807) is 32.2 Å². The monoisotopic (exact) mass is 419 g/mol. The molecule has 2 aromatic rings. The van der Waals surface area contributed by atoms with Crippen LogP contribution < -0.4 is 10.1 Å². The van der Waals surface area contributed by atoms with E-state index in [1.165, 1.54) is 11.8 Å². The number of nitrogens with zero attached hydrogens (tertiary/aromatic N) is 3. The van der Waals surface area contributed by atoms with E-state index in [0.717, 1.165) is 19.3 Å². The van der Waals surface area contributed by atoms with E-state index in [0.29, 0.717) is 40.2 Å². The Kier molecular flexibility index (Phi) is 6.47. The Hall–Kier alpha value is -2.24. The van der Waals surface area contributed by atoms with E-state index >= 15 is 0 Å². The number of aromatic amines is 1. The van der Waals surface area contributed by atoms with Crippen LogP contribution in [0, 0.1) is 11.3 Å². The Bertz CT molecular complexity index is 889. The number of nitrogens with one attached hydrogen (secondary N) is 2. The molecular weight excluding hydrogens is 398 g/mol. The molecule has 2 N–H and O–H groups in total. The SMILES string of the molecule is COc1ccc(Cl)cc1-c1nc(SC(C)C(=O)NC2(C#N)CCCCC2)n[nH]1. The summed E-state index contributed by atoms with van der Waals surface area (Å²) in [5.74, 6) is 0.950. The summed E-state index contributed by atoms with van der Waals surface area (Å²) in [6, 6.07) is 7.54. The molecule has 1 aliphatic rings. The number of ether oxygens (including phenoxy) is 1. The van der Waals surface area contributed by atoms with Gasteiger partial charge < -0.3 is 10.1 Å². The van der Waals surface area contributed by atoms with Gasteiger partial charge in [0.2, 0.25) is 11.1 Å². The molecule has 7 nitrogen and oxygen atoms in total. The zero-order chi connectivity index (χ0) is 20.1. The van der Waals surface area contributed by atoms with Gasteiger partial charge in [0.15, 0.2) is 5.82 Å². The van der Waals surface area contributed by atoms with Crippen molar-refractivity contribution in [3.05, 3.63) is 23.2 Å². The Morgan fingerprint density at radius 2 is 2.18 bits per heavy atom. The molecule has 1 heterocycles. The lowest BCUT2D eigenvalue weighted by atomic mass is 9.83. The summed E-state index contributed by atoms with van der Waals surface area (Å²) >= 11 is 7.31. The first kappa shape index (κ1) is 20.5. The minimum absolute atomic E-state index is 0.180. The number of methoxy groups -OCH3 is 1. The zero-order valence-electron chi connectivity index (χ0n) is 15.8. The van der Waals surface area contributed by atoms with Gasteiger partial charge in [0.1, 0.15) is 11.3 Å². The second kappa shape index (κ2) is 8.84. The molecule has 148 valence electrons. The van der Waals surface area contributed by atoms with Crippen LogP contribution in [-0.2, 0) is 4.79 Å². The highest BCUT2D eigenvalue weighted by molar-refractivity contribution is 8.00. The standard InChI is InChI=1S/C19H22ClN5O2S/c1-12(17(26)23-19(11-21)8-4-3-5-9-19)28-18-22-16(24-25-18)14-10-13(20)6-7-15(14)27-2/h6-7,10,12H,3-5,8-9H2,1-2H3,(H,23,26)(H,22,24,25). The van der Waals surface area contributed by atoms with E-state index in [9.17, 15) is 10.1 Å². The van der Waals surface area contributed by atoms with Gasteiger partial charge in [0.25, 0.3) is 0 Å². The number of rotatable bonds is 6. The smallest absolute Gasteiger partial charge is 0.234 e. The lowest BCUT2D eigenvalue weighted by Crippen LogP contribution is -2.50. The van der Waals surface area contributed by atoms with Crippen LogP contribution in [0.3, 0.4) is 0 Å². The third kappa shape index (κ3) is 4.59. The summed E-state index contributed by atoms with van der Waals surface area (Å²) in [5, 5.41) is 20.1. The number of carbonyl (C=O) groups is 1. The van der Waals surface area contributed by atoms with Gasteiger partial charge in [-0.3, -0.25) is 9.89 Å². The van der Waals surface area contributed by atoms with Gasteiger partial charge in [-0.05, 0) is 38.0 Å². The number of aromatic nitrogens is 3. The summed E-state index contributed by atoms with van der Waals surface area (Å²) in [7, 11) is 1.57. The van der Waals surface area contributed by atoms with E-state index in [-0.39, 0.29) is 5.91 Å². The molecule has 1 atom stereocenters. The van der Waals surface area contributed by atoms with Gasteiger partial charge in [0.05, 0.1) is 24.0 Å². The van der Waals surface area contributed by atoms with Crippen molar-refractivity contribution in [2.75, 3.05) is 7.11 Å². The Morgan fingerprint density at radius 1 is 1.43 bits per heavy atom. The highest BCUT2D eigenvalue weighted by Crippen LogP contribution is 2.32. The quantitative estimate of drug-likeness (QED) is 0.687. The number of hydrogen-bond donors (Lipinski definition) is 2. The van der Waals surface area contributed by atoms with Gasteiger partial charge in [-0.1, -0.05) is 42.6 Å². The highest BCUT2D eigenvalue weighted by Gasteiger charge is 2.35. The van der Waals surface area contributed by atoms with Crippen molar-refractivity contribution in [2.24, 2.45) is 0 Å². The molecule has 28 heavy (non-hydrogen) atoms. The van der Waals surface area contributed by atoms with Crippen molar-refractivity contribution in [2.45, 2.75) is 55.0 Å². The fraction of sp³-hybridized carbons (Fsp3) is 0.474. The molecule has 0 saturated heterocycles. The number of carbonyl (C=O) groups excluding carboxylic acids is 1. The maximum atomic E-state index is 12.6. The maximum absolute atomic E-state index is 12.6. The van der Waals surface area contributed by atoms with Crippen LogP contribution in [0.25, 0.3) is 11.4 Å². The molecule has 0 aliphatic heterocycles. The second-order valence-electron chi connectivity index (χ2n) is 6.82. The van der Waals surface area contributed by atoms with E-state index in [1.807, 2.05) is 0 Å². The number of nitriles is 1. The van der Waals surface area contributed by atoms with Crippen LogP contribution in [0.15, 0.2) is 23.4 Å². The van der Waals surface area contributed by atoms with Gasteiger partial charge in [-0.25, -0.2) is 4.98 Å². The van der Waals surface area contributed by atoms with Crippen molar-refractivity contribution in [1.29, 1.82) is 5.26 Å². The predicted molar refractivity (Wildman–Crippen MR) is 108 cm³/mol. The minimum atomic E-state index is -0.748. The lowest BCUT2D eigenvalue weighted by molar-refractivity contribution is -0.121. The molecule has 0 spiro atoms. The number of H-pyrrole nitrogens is 1. The first-order valence-electron chi connectivity index (χ1n) is 9.12. The highest BCUT2D eigenvalue weighted by atomic mass is 35.5. The van der Waals surface area contributed by atoms with E-state index in [4.69, 9.17) is 16.3 Å². The summed E-state index contributed by atoms with van der Waals surface area (Å²) in [4.78, 5) is 17.1. The third-order valence-electron chi connectivity index (χ3n) is 4.82. The number of benzene rings is 1. The molecule has 1 unspecified atom stereocenters. The summed E-state index contributed by atoms with van der Waals surface area (Å²) in [6.45, 7) is 1.78. The largest absolute Gasteiger partial charge is 0.496 e. The fourth-order valence-corrected chi connectivity index (χ4v) is 4.15. The van der Waals surface area contributed by atoms with Gasteiger partial charge >= 0.3 is 0 Å². The molecular formula is C19H22ClN5O2S. The predicted octanol–water partition coefficient (Wildman–Crippen LogP) is 3.96. The van der Waals surface area contributed by atoms with Crippen molar-refractivity contribution >= 4 is 29.3 Å². The molecule has 1 aromatic heterocycles. The average Bonchev–Trinajstić information content (AvgIpc) is 3.17. The Balaban J connectivity index is 1.69. The molecule has 1 amide bonds. The van der Waals surface area contributed by atoms with E-state index in [2.05, 4.69) is 26.6 Å². The van der Waals surface area contributed by atoms with Gasteiger partial charge in [0, 0.05) is 5.02 Å². The molecule has 9 heteroatoms. The summed E-state index contributed by atoms with van der Waals surface area (Å²) < 4.78 is 5.34. The second-order valence-corrected chi connectivity index (χ2v) is 8.56. The van der Waals surface area contributed by atoms with Crippen LogP contribution in [0.4, 0.5) is 0 Å². The normalized spacial score (nSPS) is 16.8. The third-order valence-corrected chi connectivity index (χ3v) is 6.01. The maximum Gasteiger partial charge on any atom is 0.234 e. The van der Waals surface area contributed by atoms with Crippen LogP contribution in [0.5, 0.6) is 5.75 Å². The zero-order valence-corrected chi connectivity index (χ0v) is 17.4. The average molecular weight is 420 g/mol. The van der Waals surface area contributed by atoms with Gasteiger partial charge in [-0.15, -0.1) is 5.10 Å². The summed E-state index contributed by atoms with van der Waals surface area (Å²) in [6.07, 6.45) is 4.43. The first-order valence-corrected chi connectivity index (χ1v) is 10.4. The van der Waals surface area contributed by atoms with Crippen LogP contribution in [0.2, 0.25) is 5.02 Å². The topological polar surface area (TPSA) is 104 Å². The van der Waals surface area contributed by atoms with Crippen molar-refractivity contribution in [1.82, 2.24) is 20.5 Å². The van der Waals surface area contributed by atoms with E-state index < -0.39 is 10.8 Å². The van der Waals surface area contributed by atoms with Crippen molar-refractivity contribution in [3.8, 4) is 23.2 Å². The number of halogens is 1. The molecule has 0 bridgehead atoms. The molecule has 1 aromatic carbocycles. The Labute approximate surface area is 173 Å². The number of hydrogen-bond acceptors (Lipinski definition) is 6. The van der Waals surface area contributed by atoms with Gasteiger partial charge in [-0.2, -0.15) is 5.26 Å². The number of amides is 1. The molecule has 1 saturated carbocycles. The summed E-state index contributed by atoms with van der Waals surface area (Å²) in [5.41, 5.74) is -0.0558. The Morgan fingerprint density at radius 3 is 2.86 bits per heavy atom. The lowest BCUT2D eigenvalue weighted by Gasteiger charge is -2.32. The first-order chi connectivity index (χ1) is 13.5. The molecule has 3 rings (SSSR count). The van der Waals surface area contributed by atoms with Crippen LogP contribution >= 0.6 is 23.4 Å². The minimum Gasteiger partial charge on any atom is -0.496 e. The molecule has 0 radical (unpaired) electrons. The number of thioether (sulfide) groups is 1. The van der Waals surface area contributed by atoms with Crippen LogP contribution in [-0.4, -0.2) is 39.0 Å². The fourth-order valence-electron chi connectivity index (χ4n) is 3.25. The molecule has 1 fully saturated rings. The van der Waals surface area contributed by atoms with Crippen molar-refractivity contribution in [3.63, 3.8) is 0 Å².